The van der Waals surface area contributed by atoms with Crippen molar-refractivity contribution in [2.24, 2.45) is 5.73 Å². The highest BCUT2D eigenvalue weighted by atomic mass is 19.4. The van der Waals surface area contributed by atoms with Crippen LogP contribution >= 0.6 is 0 Å². The molecule has 2 N–H and O–H groups in total. The molecule has 14 heavy (non-hydrogen) atoms. The lowest BCUT2D eigenvalue weighted by atomic mass is 10.0. The van der Waals surface area contributed by atoms with E-state index in [-0.39, 0.29) is 0 Å². The van der Waals surface area contributed by atoms with Gasteiger partial charge in [-0.3, -0.25) is 0 Å². The lowest BCUT2D eigenvalue weighted by Gasteiger charge is -2.10. The topological polar surface area (TPSA) is 26.0 Å². The minimum Gasteiger partial charge on any atom is -0.321 e. The van der Waals surface area contributed by atoms with Gasteiger partial charge < -0.3 is 5.73 Å². The smallest absolute Gasteiger partial charge is 0.321 e. The van der Waals surface area contributed by atoms with Gasteiger partial charge in [-0.1, -0.05) is 18.2 Å². The third-order valence-corrected chi connectivity index (χ3v) is 1.85. The Morgan fingerprint density at radius 2 is 2.00 bits per heavy atom. The molecular weight excluding hydrogens is 191 g/mol. The first-order valence-electron chi connectivity index (χ1n) is 4.00. The van der Waals surface area contributed by atoms with Gasteiger partial charge in [-0.15, -0.1) is 6.58 Å². The van der Waals surface area contributed by atoms with Crippen LogP contribution < -0.4 is 5.73 Å². The van der Waals surface area contributed by atoms with Gasteiger partial charge in [-0.05, 0) is 17.7 Å². The Kier molecular flexibility index (Phi) is 2.96. The standard InChI is InChI=1S/C10H10F3N/c1-2-9(14)7-4-3-5-8(6-7)10(11,12)13/h2-6,9H,1,14H2/t9-/m0/s1. The van der Waals surface area contributed by atoms with Crippen LogP contribution in [0.4, 0.5) is 13.2 Å². The number of alkyl halides is 3. The minimum absolute atomic E-state index is 0.412. The summed E-state index contributed by atoms with van der Waals surface area (Å²) in [6.45, 7) is 3.42. The van der Waals surface area contributed by atoms with Gasteiger partial charge in [0.2, 0.25) is 0 Å². The van der Waals surface area contributed by atoms with Gasteiger partial charge in [0.25, 0.3) is 0 Å². The molecule has 1 aromatic carbocycles. The van der Waals surface area contributed by atoms with E-state index in [0.29, 0.717) is 5.56 Å². The van der Waals surface area contributed by atoms with Crippen molar-refractivity contribution in [2.75, 3.05) is 0 Å². The zero-order chi connectivity index (χ0) is 10.8. The summed E-state index contributed by atoms with van der Waals surface area (Å²) in [5, 5.41) is 0. The van der Waals surface area contributed by atoms with Crippen LogP contribution in [0.1, 0.15) is 17.2 Å². The molecule has 0 fully saturated rings. The summed E-state index contributed by atoms with van der Waals surface area (Å²) < 4.78 is 36.8. The molecule has 0 unspecified atom stereocenters. The molecule has 0 radical (unpaired) electrons. The first-order valence-corrected chi connectivity index (χ1v) is 4.00. The molecular formula is C10H10F3N. The quantitative estimate of drug-likeness (QED) is 0.731. The maximum absolute atomic E-state index is 12.3. The number of hydrogen-bond acceptors (Lipinski definition) is 1. The van der Waals surface area contributed by atoms with Crippen molar-refractivity contribution in [3.63, 3.8) is 0 Å². The number of halogens is 3. The Balaban J connectivity index is 3.07. The molecule has 0 saturated carbocycles. The van der Waals surface area contributed by atoms with Gasteiger partial charge in [0, 0.05) is 6.04 Å². The second kappa shape index (κ2) is 3.84. The fourth-order valence-corrected chi connectivity index (χ4v) is 1.06. The second-order valence-corrected chi connectivity index (χ2v) is 2.88. The molecule has 1 rings (SSSR count). The molecule has 1 atom stereocenters. The summed E-state index contributed by atoms with van der Waals surface area (Å²) in [5.41, 5.74) is 5.25. The van der Waals surface area contributed by atoms with Crippen LogP contribution in [-0.4, -0.2) is 0 Å². The zero-order valence-corrected chi connectivity index (χ0v) is 7.38. The highest BCUT2D eigenvalue weighted by Gasteiger charge is 2.30. The van der Waals surface area contributed by atoms with Crippen LogP contribution in [0.5, 0.6) is 0 Å². The number of hydrogen-bond donors (Lipinski definition) is 1. The van der Waals surface area contributed by atoms with Gasteiger partial charge in [-0.25, -0.2) is 0 Å². The normalized spacial score (nSPS) is 13.7. The average Bonchev–Trinajstić information content (AvgIpc) is 2.15. The van der Waals surface area contributed by atoms with Gasteiger partial charge >= 0.3 is 6.18 Å². The maximum Gasteiger partial charge on any atom is 0.416 e. The Labute approximate surface area is 80.0 Å². The minimum atomic E-state index is -4.32. The van der Waals surface area contributed by atoms with Crippen LogP contribution in [0, 0.1) is 0 Å². The average molecular weight is 201 g/mol. The molecule has 76 valence electrons. The van der Waals surface area contributed by atoms with Crippen LogP contribution in [0.3, 0.4) is 0 Å². The summed E-state index contributed by atoms with van der Waals surface area (Å²) in [4.78, 5) is 0. The van der Waals surface area contributed by atoms with E-state index < -0.39 is 17.8 Å². The maximum atomic E-state index is 12.3. The van der Waals surface area contributed by atoms with Crippen molar-refractivity contribution in [1.29, 1.82) is 0 Å². The van der Waals surface area contributed by atoms with Crippen LogP contribution in [0.2, 0.25) is 0 Å². The number of rotatable bonds is 2. The molecule has 0 aromatic heterocycles. The van der Waals surface area contributed by atoms with Crippen molar-refractivity contribution in [1.82, 2.24) is 0 Å². The van der Waals surface area contributed by atoms with Crippen molar-refractivity contribution < 1.29 is 13.2 Å². The lowest BCUT2D eigenvalue weighted by Crippen LogP contribution is -2.10. The van der Waals surface area contributed by atoms with Gasteiger partial charge in [-0.2, -0.15) is 13.2 Å². The summed E-state index contributed by atoms with van der Waals surface area (Å²) in [6, 6.07) is 4.37. The Hall–Kier alpha value is -1.29. The highest BCUT2D eigenvalue weighted by Crippen LogP contribution is 2.30. The molecule has 0 amide bonds. The molecule has 0 aliphatic carbocycles. The van der Waals surface area contributed by atoms with Crippen LogP contribution in [-0.2, 0) is 6.18 Å². The first-order chi connectivity index (χ1) is 6.45. The van der Waals surface area contributed by atoms with E-state index in [2.05, 4.69) is 6.58 Å². The molecule has 0 aliphatic heterocycles. The van der Waals surface area contributed by atoms with Crippen LogP contribution in [0.15, 0.2) is 36.9 Å². The molecule has 4 heteroatoms. The molecule has 1 aromatic rings. The summed E-state index contributed by atoms with van der Waals surface area (Å²) in [5.74, 6) is 0. The fraction of sp³-hybridized carbons (Fsp3) is 0.200. The van der Waals surface area contributed by atoms with E-state index >= 15 is 0 Å². The summed E-state index contributed by atoms with van der Waals surface area (Å²) in [7, 11) is 0. The predicted molar refractivity (Wildman–Crippen MR) is 48.6 cm³/mol. The van der Waals surface area contributed by atoms with Crippen molar-refractivity contribution in [2.45, 2.75) is 12.2 Å². The fourth-order valence-electron chi connectivity index (χ4n) is 1.06. The van der Waals surface area contributed by atoms with Gasteiger partial charge in [0.1, 0.15) is 0 Å². The van der Waals surface area contributed by atoms with E-state index in [9.17, 15) is 13.2 Å². The molecule has 0 spiro atoms. The summed E-state index contributed by atoms with van der Waals surface area (Å²) in [6.07, 6.45) is -2.92. The Morgan fingerprint density at radius 1 is 1.36 bits per heavy atom. The Bertz CT molecular complexity index is 330. The van der Waals surface area contributed by atoms with Crippen LogP contribution in [0.25, 0.3) is 0 Å². The molecule has 0 bridgehead atoms. The van der Waals surface area contributed by atoms with Gasteiger partial charge in [0.15, 0.2) is 0 Å². The highest BCUT2D eigenvalue weighted by molar-refractivity contribution is 5.29. The summed E-state index contributed by atoms with van der Waals surface area (Å²) >= 11 is 0. The zero-order valence-electron chi connectivity index (χ0n) is 7.38. The molecule has 1 nitrogen and oxygen atoms in total. The van der Waals surface area contributed by atoms with Gasteiger partial charge in [0.05, 0.1) is 5.56 Å². The SMILES string of the molecule is C=C[C@H](N)c1cccc(C(F)(F)F)c1. The lowest BCUT2D eigenvalue weighted by molar-refractivity contribution is -0.137. The van der Waals surface area contributed by atoms with Crippen molar-refractivity contribution in [3.8, 4) is 0 Å². The molecule has 0 aliphatic rings. The molecule has 0 saturated heterocycles. The Morgan fingerprint density at radius 3 is 2.50 bits per heavy atom. The largest absolute Gasteiger partial charge is 0.416 e. The molecule has 0 heterocycles. The number of nitrogens with two attached hydrogens (primary N) is 1. The van der Waals surface area contributed by atoms with E-state index in [1.807, 2.05) is 0 Å². The second-order valence-electron chi connectivity index (χ2n) is 2.88. The monoisotopic (exact) mass is 201 g/mol. The van der Waals surface area contributed by atoms with E-state index in [1.54, 1.807) is 6.07 Å². The van der Waals surface area contributed by atoms with E-state index in [0.717, 1.165) is 12.1 Å². The predicted octanol–water partition coefficient (Wildman–Crippen LogP) is 2.89. The first kappa shape index (κ1) is 10.8. The van der Waals surface area contributed by atoms with Crippen molar-refractivity contribution >= 4 is 0 Å². The third-order valence-electron chi connectivity index (χ3n) is 1.85. The van der Waals surface area contributed by atoms with E-state index in [4.69, 9.17) is 5.73 Å². The van der Waals surface area contributed by atoms with Crippen molar-refractivity contribution in [3.05, 3.63) is 48.0 Å². The third kappa shape index (κ3) is 2.35. The number of benzene rings is 1. The van der Waals surface area contributed by atoms with E-state index in [1.165, 1.54) is 12.1 Å².